The van der Waals surface area contributed by atoms with Crippen LogP contribution >= 0.6 is 27.3 Å². The first-order valence-electron chi connectivity index (χ1n) is 5.86. The van der Waals surface area contributed by atoms with Crippen molar-refractivity contribution in [3.63, 3.8) is 0 Å². The van der Waals surface area contributed by atoms with Gasteiger partial charge in [-0.2, -0.15) is 0 Å². The number of aromatic carboxylic acids is 1. The first-order valence-corrected chi connectivity index (χ1v) is 7.53. The summed E-state index contributed by atoms with van der Waals surface area (Å²) in [6, 6.07) is 4.32. The second-order valence-corrected chi connectivity index (χ2v) is 5.95. The summed E-state index contributed by atoms with van der Waals surface area (Å²) in [4.78, 5) is 34.3. The van der Waals surface area contributed by atoms with E-state index in [4.69, 9.17) is 5.11 Å². The molecule has 2 rings (SSSR count). The number of aryl methyl sites for hydroxylation is 1. The van der Waals surface area contributed by atoms with Gasteiger partial charge in [-0.15, -0.1) is 0 Å². The summed E-state index contributed by atoms with van der Waals surface area (Å²) < 4.78 is 1.92. The molecule has 1 aromatic carbocycles. The van der Waals surface area contributed by atoms with Crippen molar-refractivity contribution in [2.75, 3.05) is 5.32 Å². The first-order chi connectivity index (χ1) is 9.88. The molecule has 2 N–H and O–H groups in total. The zero-order valence-electron chi connectivity index (χ0n) is 10.9. The summed E-state index contributed by atoms with van der Waals surface area (Å²) in [6.07, 6.45) is 0. The van der Waals surface area contributed by atoms with Crippen molar-refractivity contribution >= 4 is 44.8 Å². The largest absolute Gasteiger partial charge is 0.478 e. The van der Waals surface area contributed by atoms with Crippen molar-refractivity contribution in [3.05, 3.63) is 49.0 Å². The monoisotopic (exact) mass is 370 g/mol. The van der Waals surface area contributed by atoms with Gasteiger partial charge < -0.3 is 10.4 Å². The maximum Gasteiger partial charge on any atom is 0.335 e. The number of benzene rings is 1. The third-order valence-corrected chi connectivity index (χ3v) is 4.34. The number of carbonyl (C=O) groups is 2. The van der Waals surface area contributed by atoms with Crippen LogP contribution in [0.1, 0.15) is 16.1 Å². The van der Waals surface area contributed by atoms with E-state index in [-0.39, 0.29) is 17.0 Å². The molecule has 0 aliphatic rings. The Hall–Kier alpha value is -1.93. The maximum absolute atomic E-state index is 12.0. The number of nitrogens with zero attached hydrogens (tertiary/aromatic N) is 1. The van der Waals surface area contributed by atoms with Crippen molar-refractivity contribution in [3.8, 4) is 0 Å². The molecule has 1 aromatic heterocycles. The number of thiazole rings is 1. The molecule has 0 aliphatic carbocycles. The number of anilines is 1. The molecule has 0 spiro atoms. The van der Waals surface area contributed by atoms with Gasteiger partial charge in [-0.3, -0.25) is 14.2 Å². The number of carboxylic acids is 1. The molecule has 6 nitrogen and oxygen atoms in total. The first kappa shape index (κ1) is 15.5. The standard InChI is InChI=1S/C13H11BrN2O4S/c1-7-6-21-13(20)16(7)5-11(17)15-10-4-8(12(18)19)2-3-9(10)14/h2-4,6H,5H2,1H3,(H,15,17)(H,18,19). The van der Waals surface area contributed by atoms with Gasteiger partial charge in [0.25, 0.3) is 0 Å². The van der Waals surface area contributed by atoms with E-state index in [1.165, 1.54) is 16.7 Å². The van der Waals surface area contributed by atoms with Crippen LogP contribution in [0, 0.1) is 6.92 Å². The fraction of sp³-hybridized carbons (Fsp3) is 0.154. The fourth-order valence-corrected chi connectivity index (χ4v) is 2.76. The summed E-state index contributed by atoms with van der Waals surface area (Å²) in [5, 5.41) is 13.2. The van der Waals surface area contributed by atoms with Crippen molar-refractivity contribution in [2.24, 2.45) is 0 Å². The average Bonchev–Trinajstić information content (AvgIpc) is 2.73. The van der Waals surface area contributed by atoms with Gasteiger partial charge in [-0.05, 0) is 41.1 Å². The zero-order valence-corrected chi connectivity index (χ0v) is 13.3. The van der Waals surface area contributed by atoms with Gasteiger partial charge in [-0.25, -0.2) is 4.79 Å². The quantitative estimate of drug-likeness (QED) is 0.864. The molecule has 1 amide bonds. The van der Waals surface area contributed by atoms with E-state index in [0.717, 1.165) is 11.3 Å². The lowest BCUT2D eigenvalue weighted by Gasteiger charge is -2.09. The van der Waals surface area contributed by atoms with Crippen LogP contribution in [0.2, 0.25) is 0 Å². The molecular formula is C13H11BrN2O4S. The summed E-state index contributed by atoms with van der Waals surface area (Å²) in [6.45, 7) is 1.63. The van der Waals surface area contributed by atoms with Crippen molar-refractivity contribution in [1.29, 1.82) is 0 Å². The van der Waals surface area contributed by atoms with Gasteiger partial charge >= 0.3 is 10.8 Å². The van der Waals surface area contributed by atoms with Gasteiger partial charge in [0.2, 0.25) is 5.91 Å². The summed E-state index contributed by atoms with van der Waals surface area (Å²) in [5.74, 6) is -1.48. The molecule has 0 bridgehead atoms. The topological polar surface area (TPSA) is 88.4 Å². The van der Waals surface area contributed by atoms with Crippen LogP contribution in [0.4, 0.5) is 5.69 Å². The van der Waals surface area contributed by atoms with Crippen LogP contribution in [0.15, 0.2) is 32.8 Å². The van der Waals surface area contributed by atoms with Gasteiger partial charge in [0, 0.05) is 15.5 Å². The number of halogens is 1. The Morgan fingerprint density at radius 3 is 2.71 bits per heavy atom. The highest BCUT2D eigenvalue weighted by Gasteiger charge is 2.12. The Morgan fingerprint density at radius 2 is 2.14 bits per heavy atom. The lowest BCUT2D eigenvalue weighted by Crippen LogP contribution is -2.25. The van der Waals surface area contributed by atoms with E-state index >= 15 is 0 Å². The Morgan fingerprint density at radius 1 is 1.43 bits per heavy atom. The molecular weight excluding hydrogens is 360 g/mol. The molecule has 0 saturated carbocycles. The molecule has 0 atom stereocenters. The second-order valence-electron chi connectivity index (χ2n) is 4.28. The van der Waals surface area contributed by atoms with Crippen molar-refractivity contribution in [1.82, 2.24) is 4.57 Å². The molecule has 110 valence electrons. The molecule has 0 saturated heterocycles. The molecule has 1 heterocycles. The molecule has 8 heteroatoms. The van der Waals surface area contributed by atoms with Crippen LogP contribution in [-0.2, 0) is 11.3 Å². The van der Waals surface area contributed by atoms with Crippen LogP contribution in [-0.4, -0.2) is 21.6 Å². The highest BCUT2D eigenvalue weighted by molar-refractivity contribution is 9.10. The number of hydrogen-bond donors (Lipinski definition) is 2. The van der Waals surface area contributed by atoms with E-state index in [9.17, 15) is 14.4 Å². The van der Waals surface area contributed by atoms with E-state index in [1.54, 1.807) is 18.4 Å². The Bertz CT molecular complexity index is 766. The third-order valence-electron chi connectivity index (χ3n) is 2.77. The predicted octanol–water partition coefficient (Wildman–Crippen LogP) is 2.32. The number of aromatic nitrogens is 1. The van der Waals surface area contributed by atoms with Gasteiger partial charge in [0.1, 0.15) is 6.54 Å². The van der Waals surface area contributed by atoms with Crippen LogP contribution < -0.4 is 10.2 Å². The molecule has 0 fully saturated rings. The van der Waals surface area contributed by atoms with Crippen molar-refractivity contribution < 1.29 is 14.7 Å². The van der Waals surface area contributed by atoms with Crippen molar-refractivity contribution in [2.45, 2.75) is 13.5 Å². The molecule has 0 unspecified atom stereocenters. The third kappa shape index (κ3) is 3.59. The van der Waals surface area contributed by atoms with E-state index in [0.29, 0.717) is 15.9 Å². The van der Waals surface area contributed by atoms with E-state index < -0.39 is 11.9 Å². The Labute approximate surface area is 132 Å². The lowest BCUT2D eigenvalue weighted by atomic mass is 10.2. The SMILES string of the molecule is Cc1csc(=O)n1CC(=O)Nc1cc(C(=O)O)ccc1Br. The summed E-state index contributed by atoms with van der Waals surface area (Å²) in [7, 11) is 0. The Kier molecular flexibility index (Phi) is 4.59. The Balaban J connectivity index is 2.18. The van der Waals surface area contributed by atoms with Crippen LogP contribution in [0.5, 0.6) is 0 Å². The van der Waals surface area contributed by atoms with Gasteiger partial charge in [0.05, 0.1) is 11.3 Å². The highest BCUT2D eigenvalue weighted by Crippen LogP contribution is 2.23. The molecule has 0 radical (unpaired) electrons. The van der Waals surface area contributed by atoms with E-state index in [1.807, 2.05) is 0 Å². The van der Waals surface area contributed by atoms with Crippen LogP contribution in [0.25, 0.3) is 0 Å². The number of nitrogens with one attached hydrogen (secondary N) is 1. The molecule has 0 aliphatic heterocycles. The van der Waals surface area contributed by atoms with Gasteiger partial charge in [-0.1, -0.05) is 11.3 Å². The molecule has 2 aromatic rings. The summed E-state index contributed by atoms with van der Waals surface area (Å²) >= 11 is 4.27. The molecule has 21 heavy (non-hydrogen) atoms. The number of hydrogen-bond acceptors (Lipinski definition) is 4. The number of amides is 1. The average molecular weight is 371 g/mol. The lowest BCUT2D eigenvalue weighted by molar-refractivity contribution is -0.116. The zero-order chi connectivity index (χ0) is 15.6. The highest BCUT2D eigenvalue weighted by atomic mass is 79.9. The minimum atomic E-state index is -1.08. The summed E-state index contributed by atoms with van der Waals surface area (Å²) in [5.41, 5.74) is 1.12. The minimum Gasteiger partial charge on any atom is -0.478 e. The second kappa shape index (κ2) is 6.23. The maximum atomic E-state index is 12.0. The normalized spacial score (nSPS) is 10.4. The number of carbonyl (C=O) groups excluding carboxylic acids is 1. The number of rotatable bonds is 4. The number of carboxylic acid groups (broad SMARTS) is 1. The van der Waals surface area contributed by atoms with Crippen LogP contribution in [0.3, 0.4) is 0 Å². The predicted molar refractivity (Wildman–Crippen MR) is 83.0 cm³/mol. The van der Waals surface area contributed by atoms with E-state index in [2.05, 4.69) is 21.2 Å². The fourth-order valence-electron chi connectivity index (χ4n) is 1.68. The smallest absolute Gasteiger partial charge is 0.335 e. The minimum absolute atomic E-state index is 0.0670. The van der Waals surface area contributed by atoms with Gasteiger partial charge in [0.15, 0.2) is 0 Å².